The Hall–Kier alpha value is -3.07. The molecule has 3 aromatic rings. The van der Waals surface area contributed by atoms with Gasteiger partial charge in [-0.25, -0.2) is 4.79 Å². The summed E-state index contributed by atoms with van der Waals surface area (Å²) in [6, 6.07) is 11.7. The first-order chi connectivity index (χ1) is 11.0. The van der Waals surface area contributed by atoms with Gasteiger partial charge in [-0.15, -0.1) is 9.19 Å². The van der Waals surface area contributed by atoms with Crippen molar-refractivity contribution in [2.24, 2.45) is 0 Å². The van der Waals surface area contributed by atoms with Crippen LogP contribution in [0, 0.1) is 0 Å². The SMILES string of the molecule is Nc1cc(OC(=O)c2ccco2)nn1S(=O)(=O)c1ccccc1. The maximum atomic E-state index is 12.4. The van der Waals surface area contributed by atoms with Crippen LogP contribution in [0.5, 0.6) is 5.88 Å². The Kier molecular flexibility index (Phi) is 3.62. The van der Waals surface area contributed by atoms with Gasteiger partial charge in [-0.05, 0) is 24.3 Å². The molecule has 0 unspecified atom stereocenters. The van der Waals surface area contributed by atoms with Crippen molar-refractivity contribution in [3.8, 4) is 5.88 Å². The number of nitrogens with two attached hydrogens (primary N) is 1. The molecular formula is C14H11N3O5S. The number of nitrogens with zero attached hydrogens (tertiary/aromatic N) is 2. The molecule has 2 aromatic heterocycles. The number of ether oxygens (including phenoxy) is 1. The summed E-state index contributed by atoms with van der Waals surface area (Å²) in [7, 11) is -3.97. The minimum Gasteiger partial charge on any atom is -0.457 e. The van der Waals surface area contributed by atoms with E-state index >= 15 is 0 Å². The van der Waals surface area contributed by atoms with Crippen LogP contribution < -0.4 is 10.5 Å². The molecule has 0 saturated heterocycles. The number of aromatic nitrogens is 2. The highest BCUT2D eigenvalue weighted by molar-refractivity contribution is 7.90. The lowest BCUT2D eigenvalue weighted by atomic mass is 10.4. The average molecular weight is 333 g/mol. The monoisotopic (exact) mass is 333 g/mol. The Balaban J connectivity index is 1.91. The highest BCUT2D eigenvalue weighted by Gasteiger charge is 2.23. The summed E-state index contributed by atoms with van der Waals surface area (Å²) in [6.45, 7) is 0. The lowest BCUT2D eigenvalue weighted by molar-refractivity contribution is 0.0693. The molecule has 8 nitrogen and oxygen atoms in total. The molecule has 0 spiro atoms. The van der Waals surface area contributed by atoms with Crippen molar-refractivity contribution in [3.05, 3.63) is 60.6 Å². The Morgan fingerprint density at radius 2 is 1.91 bits per heavy atom. The summed E-state index contributed by atoms with van der Waals surface area (Å²) in [6.07, 6.45) is 1.31. The normalized spacial score (nSPS) is 11.3. The molecular weight excluding hydrogens is 322 g/mol. The second-order valence-corrected chi connectivity index (χ2v) is 6.20. The zero-order chi connectivity index (χ0) is 16.4. The number of rotatable bonds is 4. The van der Waals surface area contributed by atoms with Gasteiger partial charge in [0.1, 0.15) is 5.82 Å². The van der Waals surface area contributed by atoms with Gasteiger partial charge < -0.3 is 14.9 Å². The van der Waals surface area contributed by atoms with Crippen LogP contribution in [-0.2, 0) is 10.0 Å². The quantitative estimate of drug-likeness (QED) is 0.719. The maximum absolute atomic E-state index is 12.4. The molecule has 0 saturated carbocycles. The van der Waals surface area contributed by atoms with Gasteiger partial charge in [0.2, 0.25) is 11.6 Å². The molecule has 0 atom stereocenters. The zero-order valence-electron chi connectivity index (χ0n) is 11.6. The number of carbonyl (C=O) groups excluding carboxylic acids is 1. The fourth-order valence-electron chi connectivity index (χ4n) is 1.83. The Bertz CT molecular complexity index is 930. The summed E-state index contributed by atoms with van der Waals surface area (Å²) in [5.41, 5.74) is 5.67. The van der Waals surface area contributed by atoms with E-state index in [1.165, 1.54) is 30.5 Å². The first-order valence-electron chi connectivity index (χ1n) is 6.40. The molecule has 118 valence electrons. The summed E-state index contributed by atoms with van der Waals surface area (Å²) < 4.78 is 35.3. The number of hydrogen-bond acceptors (Lipinski definition) is 7. The van der Waals surface area contributed by atoms with Gasteiger partial charge in [0.25, 0.3) is 10.0 Å². The first kappa shape index (κ1) is 14.9. The van der Waals surface area contributed by atoms with E-state index in [0.29, 0.717) is 4.09 Å². The number of benzene rings is 1. The largest absolute Gasteiger partial charge is 0.457 e. The van der Waals surface area contributed by atoms with E-state index in [-0.39, 0.29) is 22.4 Å². The van der Waals surface area contributed by atoms with Gasteiger partial charge in [-0.3, -0.25) is 0 Å². The van der Waals surface area contributed by atoms with Crippen molar-refractivity contribution < 1.29 is 22.4 Å². The van der Waals surface area contributed by atoms with Crippen molar-refractivity contribution in [2.75, 3.05) is 5.73 Å². The maximum Gasteiger partial charge on any atom is 0.380 e. The van der Waals surface area contributed by atoms with Crippen LogP contribution in [0.1, 0.15) is 10.6 Å². The second-order valence-electron chi connectivity index (χ2n) is 4.44. The number of nitrogen functional groups attached to an aromatic ring is 1. The summed E-state index contributed by atoms with van der Waals surface area (Å²) >= 11 is 0. The number of esters is 1. The Morgan fingerprint density at radius 3 is 2.57 bits per heavy atom. The van der Waals surface area contributed by atoms with E-state index in [0.717, 1.165) is 6.07 Å². The van der Waals surface area contributed by atoms with Crippen LogP contribution >= 0.6 is 0 Å². The summed E-state index contributed by atoms with van der Waals surface area (Å²) in [5.74, 6) is -1.28. The predicted molar refractivity (Wildman–Crippen MR) is 79.3 cm³/mol. The standard InChI is InChI=1S/C14H11N3O5S/c15-12-9-13(22-14(18)11-7-4-8-21-11)16-17(12)23(19,20)10-5-2-1-3-6-10/h1-9H,15H2. The van der Waals surface area contributed by atoms with E-state index in [4.69, 9.17) is 14.9 Å². The third-order valence-electron chi connectivity index (χ3n) is 2.87. The minimum absolute atomic E-state index is 0.0127. The molecule has 9 heteroatoms. The van der Waals surface area contributed by atoms with Crippen molar-refractivity contribution in [3.63, 3.8) is 0 Å². The van der Waals surface area contributed by atoms with E-state index in [1.807, 2.05) is 0 Å². The number of anilines is 1. The van der Waals surface area contributed by atoms with Gasteiger partial charge >= 0.3 is 5.97 Å². The van der Waals surface area contributed by atoms with Crippen molar-refractivity contribution in [2.45, 2.75) is 4.90 Å². The molecule has 3 rings (SSSR count). The van der Waals surface area contributed by atoms with Crippen LogP contribution in [0.25, 0.3) is 0 Å². The highest BCUT2D eigenvalue weighted by Crippen LogP contribution is 2.21. The summed E-state index contributed by atoms with van der Waals surface area (Å²) in [5, 5.41) is 3.73. The molecule has 1 aromatic carbocycles. The number of hydrogen-bond donors (Lipinski definition) is 1. The van der Waals surface area contributed by atoms with Gasteiger partial charge in [0.15, 0.2) is 0 Å². The van der Waals surface area contributed by atoms with E-state index in [2.05, 4.69) is 5.10 Å². The lowest BCUT2D eigenvalue weighted by Crippen LogP contribution is -2.17. The van der Waals surface area contributed by atoms with Crippen LogP contribution in [0.2, 0.25) is 0 Å². The molecule has 2 N–H and O–H groups in total. The molecule has 0 aliphatic heterocycles. The number of furan rings is 1. The van der Waals surface area contributed by atoms with Crippen LogP contribution in [0.15, 0.2) is 64.1 Å². The fraction of sp³-hybridized carbons (Fsp3) is 0. The molecule has 0 fully saturated rings. The topological polar surface area (TPSA) is 117 Å². The van der Waals surface area contributed by atoms with Crippen molar-refractivity contribution in [1.29, 1.82) is 0 Å². The van der Waals surface area contributed by atoms with Crippen molar-refractivity contribution >= 4 is 21.8 Å². The average Bonchev–Trinajstić information content (AvgIpc) is 3.18. The van der Waals surface area contributed by atoms with Crippen LogP contribution in [0.3, 0.4) is 0 Å². The minimum atomic E-state index is -3.97. The second kappa shape index (κ2) is 5.61. The van der Waals surface area contributed by atoms with Crippen LogP contribution in [0.4, 0.5) is 5.82 Å². The van der Waals surface area contributed by atoms with Gasteiger partial charge in [-0.1, -0.05) is 18.2 Å². The summed E-state index contributed by atoms with van der Waals surface area (Å²) in [4.78, 5) is 11.8. The first-order valence-corrected chi connectivity index (χ1v) is 7.84. The van der Waals surface area contributed by atoms with E-state index in [9.17, 15) is 13.2 Å². The van der Waals surface area contributed by atoms with Crippen molar-refractivity contribution in [1.82, 2.24) is 9.19 Å². The van der Waals surface area contributed by atoms with E-state index < -0.39 is 16.0 Å². The third kappa shape index (κ3) is 2.81. The Morgan fingerprint density at radius 1 is 1.17 bits per heavy atom. The molecule has 0 amide bonds. The fourth-order valence-corrected chi connectivity index (χ4v) is 3.05. The third-order valence-corrected chi connectivity index (χ3v) is 4.49. The molecule has 0 radical (unpaired) electrons. The Labute approximate surface area is 131 Å². The van der Waals surface area contributed by atoms with Gasteiger partial charge in [0, 0.05) is 6.07 Å². The van der Waals surface area contributed by atoms with E-state index in [1.54, 1.807) is 18.2 Å². The zero-order valence-corrected chi connectivity index (χ0v) is 12.4. The number of carbonyl (C=O) groups is 1. The molecule has 0 aliphatic carbocycles. The van der Waals surface area contributed by atoms with Crippen LogP contribution in [-0.4, -0.2) is 23.6 Å². The molecule has 23 heavy (non-hydrogen) atoms. The predicted octanol–water partition coefficient (Wildman–Crippen LogP) is 1.51. The molecule has 0 aliphatic rings. The smallest absolute Gasteiger partial charge is 0.380 e. The molecule has 0 bridgehead atoms. The van der Waals surface area contributed by atoms with Gasteiger partial charge in [-0.2, -0.15) is 8.42 Å². The van der Waals surface area contributed by atoms with Gasteiger partial charge in [0.05, 0.1) is 11.2 Å². The highest BCUT2D eigenvalue weighted by atomic mass is 32.2. The lowest BCUT2D eigenvalue weighted by Gasteiger charge is -2.05. The molecule has 2 heterocycles.